The number of piperazine rings is 1. The van der Waals surface area contributed by atoms with E-state index in [4.69, 9.17) is 23.2 Å². The maximum Gasteiger partial charge on any atom is 0.0557 e. The molecule has 3 rings (SSSR count). The van der Waals surface area contributed by atoms with Gasteiger partial charge in [0.05, 0.1) is 24.3 Å². The van der Waals surface area contributed by atoms with E-state index >= 15 is 0 Å². The van der Waals surface area contributed by atoms with E-state index in [2.05, 4.69) is 39.3 Å². The van der Waals surface area contributed by atoms with E-state index in [1.54, 1.807) is 12.3 Å². The maximum atomic E-state index is 6.15. The zero-order chi connectivity index (χ0) is 15.4. The van der Waals surface area contributed by atoms with Crippen molar-refractivity contribution in [2.75, 3.05) is 31.1 Å². The lowest BCUT2D eigenvalue weighted by atomic mass is 10.2. The number of anilines is 1. The second-order valence-electron chi connectivity index (χ2n) is 5.19. The van der Waals surface area contributed by atoms with Crippen molar-refractivity contribution in [2.45, 2.75) is 0 Å². The third-order valence-corrected chi connectivity index (χ3v) is 4.26. The summed E-state index contributed by atoms with van der Waals surface area (Å²) < 4.78 is 0. The second-order valence-corrected chi connectivity index (χ2v) is 6.03. The number of hydrogen-bond donors (Lipinski definition) is 0. The highest BCUT2D eigenvalue weighted by molar-refractivity contribution is 6.36. The smallest absolute Gasteiger partial charge is 0.0557 e. The van der Waals surface area contributed by atoms with Gasteiger partial charge >= 0.3 is 0 Å². The molecule has 2 aromatic carbocycles. The number of halogens is 2. The van der Waals surface area contributed by atoms with Crippen LogP contribution in [0.2, 0.25) is 10.0 Å². The van der Waals surface area contributed by atoms with Crippen LogP contribution in [0.25, 0.3) is 0 Å². The molecular formula is C17H17Cl2N3. The van der Waals surface area contributed by atoms with Gasteiger partial charge in [-0.05, 0) is 24.3 Å². The molecule has 22 heavy (non-hydrogen) atoms. The molecule has 5 heteroatoms. The van der Waals surface area contributed by atoms with Crippen molar-refractivity contribution in [3.63, 3.8) is 0 Å². The van der Waals surface area contributed by atoms with Crippen LogP contribution in [-0.2, 0) is 0 Å². The highest BCUT2D eigenvalue weighted by atomic mass is 35.5. The molecule has 114 valence electrons. The lowest BCUT2D eigenvalue weighted by Crippen LogP contribution is -2.44. The largest absolute Gasteiger partial charge is 0.368 e. The molecular weight excluding hydrogens is 317 g/mol. The Morgan fingerprint density at radius 1 is 0.909 bits per heavy atom. The lowest BCUT2D eigenvalue weighted by molar-refractivity contribution is 0.272. The van der Waals surface area contributed by atoms with Crippen LogP contribution >= 0.6 is 23.2 Å². The van der Waals surface area contributed by atoms with E-state index in [9.17, 15) is 0 Å². The standard InChI is InChI=1S/C17H17Cl2N3/c18-15-7-6-14(17(19)12-15)13-20-22-10-8-21(9-11-22)16-4-2-1-3-5-16/h1-7,12-13H,8-11H2/b20-13-. The van der Waals surface area contributed by atoms with Crippen LogP contribution in [-0.4, -0.2) is 37.4 Å². The van der Waals surface area contributed by atoms with Crippen LogP contribution in [0.4, 0.5) is 5.69 Å². The molecule has 0 bridgehead atoms. The quantitative estimate of drug-likeness (QED) is 0.786. The minimum absolute atomic E-state index is 0.624. The summed E-state index contributed by atoms with van der Waals surface area (Å²) in [6.07, 6.45) is 1.80. The predicted molar refractivity (Wildman–Crippen MR) is 94.3 cm³/mol. The van der Waals surface area contributed by atoms with Crippen molar-refractivity contribution in [3.8, 4) is 0 Å². The number of rotatable bonds is 3. The minimum atomic E-state index is 0.624. The van der Waals surface area contributed by atoms with Gasteiger partial charge in [-0.2, -0.15) is 5.10 Å². The van der Waals surface area contributed by atoms with Gasteiger partial charge in [-0.3, -0.25) is 5.01 Å². The van der Waals surface area contributed by atoms with Gasteiger partial charge in [-0.15, -0.1) is 0 Å². The van der Waals surface area contributed by atoms with Gasteiger partial charge in [0.25, 0.3) is 0 Å². The molecule has 1 fully saturated rings. The molecule has 0 saturated carbocycles. The van der Waals surface area contributed by atoms with Crippen LogP contribution in [0.5, 0.6) is 0 Å². The fraction of sp³-hybridized carbons (Fsp3) is 0.235. The average Bonchev–Trinajstić information content (AvgIpc) is 2.55. The molecule has 0 unspecified atom stereocenters. The topological polar surface area (TPSA) is 18.8 Å². The van der Waals surface area contributed by atoms with E-state index in [1.165, 1.54) is 5.69 Å². The van der Waals surface area contributed by atoms with E-state index in [0.717, 1.165) is 31.7 Å². The Morgan fingerprint density at radius 2 is 1.64 bits per heavy atom. The number of hydrazone groups is 1. The molecule has 0 atom stereocenters. The monoisotopic (exact) mass is 333 g/mol. The van der Waals surface area contributed by atoms with E-state index in [0.29, 0.717) is 10.0 Å². The Bertz CT molecular complexity index is 650. The molecule has 2 aromatic rings. The highest BCUT2D eigenvalue weighted by Crippen LogP contribution is 2.20. The zero-order valence-electron chi connectivity index (χ0n) is 12.1. The molecule has 1 heterocycles. The van der Waals surface area contributed by atoms with Crippen molar-refractivity contribution >= 4 is 35.1 Å². The van der Waals surface area contributed by atoms with Gasteiger partial charge in [-0.1, -0.05) is 47.5 Å². The third-order valence-electron chi connectivity index (χ3n) is 3.70. The Labute approximate surface area is 140 Å². The summed E-state index contributed by atoms with van der Waals surface area (Å²) >= 11 is 12.0. The summed E-state index contributed by atoms with van der Waals surface area (Å²) in [7, 11) is 0. The summed E-state index contributed by atoms with van der Waals surface area (Å²) in [6, 6.07) is 15.9. The summed E-state index contributed by atoms with van der Waals surface area (Å²) in [4.78, 5) is 2.38. The summed E-state index contributed by atoms with van der Waals surface area (Å²) in [5, 5.41) is 7.86. The molecule has 0 N–H and O–H groups in total. The average molecular weight is 334 g/mol. The minimum Gasteiger partial charge on any atom is -0.368 e. The van der Waals surface area contributed by atoms with Crippen LogP contribution in [0.15, 0.2) is 53.6 Å². The second kappa shape index (κ2) is 7.03. The van der Waals surface area contributed by atoms with Gasteiger partial charge in [0.15, 0.2) is 0 Å². The molecule has 0 radical (unpaired) electrons. The normalized spacial score (nSPS) is 15.5. The van der Waals surface area contributed by atoms with Gasteiger partial charge in [0, 0.05) is 29.4 Å². The van der Waals surface area contributed by atoms with Crippen molar-refractivity contribution < 1.29 is 0 Å². The third kappa shape index (κ3) is 3.73. The zero-order valence-corrected chi connectivity index (χ0v) is 13.6. The number of nitrogens with zero attached hydrogens (tertiary/aromatic N) is 3. The van der Waals surface area contributed by atoms with E-state index < -0.39 is 0 Å². The molecule has 1 aliphatic rings. The van der Waals surface area contributed by atoms with Crippen molar-refractivity contribution in [1.29, 1.82) is 0 Å². The van der Waals surface area contributed by atoms with Crippen LogP contribution < -0.4 is 4.90 Å². The van der Waals surface area contributed by atoms with E-state index in [1.807, 2.05) is 18.2 Å². The van der Waals surface area contributed by atoms with Crippen LogP contribution in [0, 0.1) is 0 Å². The summed E-state index contributed by atoms with van der Waals surface area (Å²) in [6.45, 7) is 3.73. The van der Waals surface area contributed by atoms with Gasteiger partial charge in [0.1, 0.15) is 0 Å². The van der Waals surface area contributed by atoms with Crippen molar-refractivity contribution in [2.24, 2.45) is 5.10 Å². The van der Waals surface area contributed by atoms with Gasteiger partial charge in [-0.25, -0.2) is 0 Å². The SMILES string of the molecule is Clc1ccc(/C=N\N2CCN(c3ccccc3)CC2)c(Cl)c1. The molecule has 3 nitrogen and oxygen atoms in total. The molecule has 0 aliphatic carbocycles. The molecule has 0 spiro atoms. The molecule has 1 saturated heterocycles. The first-order chi connectivity index (χ1) is 10.7. The van der Waals surface area contributed by atoms with E-state index in [-0.39, 0.29) is 0 Å². The molecule has 0 aromatic heterocycles. The fourth-order valence-electron chi connectivity index (χ4n) is 2.46. The lowest BCUT2D eigenvalue weighted by Gasteiger charge is -2.34. The first-order valence-electron chi connectivity index (χ1n) is 7.26. The number of para-hydroxylation sites is 1. The highest BCUT2D eigenvalue weighted by Gasteiger charge is 2.15. The molecule has 1 aliphatic heterocycles. The van der Waals surface area contributed by atoms with Crippen molar-refractivity contribution in [1.82, 2.24) is 5.01 Å². The van der Waals surface area contributed by atoms with Crippen LogP contribution in [0.3, 0.4) is 0 Å². The van der Waals surface area contributed by atoms with Gasteiger partial charge < -0.3 is 4.90 Å². The Hall–Kier alpha value is -1.71. The number of benzene rings is 2. The van der Waals surface area contributed by atoms with Gasteiger partial charge in [0.2, 0.25) is 0 Å². The maximum absolute atomic E-state index is 6.15. The number of hydrogen-bond acceptors (Lipinski definition) is 3. The summed E-state index contributed by atoms with van der Waals surface area (Å²) in [5.74, 6) is 0. The first kappa shape index (κ1) is 15.2. The first-order valence-corrected chi connectivity index (χ1v) is 8.02. The molecule has 0 amide bonds. The summed E-state index contributed by atoms with van der Waals surface area (Å²) in [5.41, 5.74) is 2.16. The Kier molecular flexibility index (Phi) is 4.86. The Balaban J connectivity index is 1.59. The Morgan fingerprint density at radius 3 is 2.32 bits per heavy atom. The van der Waals surface area contributed by atoms with Crippen molar-refractivity contribution in [3.05, 3.63) is 64.1 Å². The van der Waals surface area contributed by atoms with Crippen LogP contribution in [0.1, 0.15) is 5.56 Å². The fourth-order valence-corrected chi connectivity index (χ4v) is 2.92. The predicted octanol–water partition coefficient (Wildman–Crippen LogP) is 4.15.